The van der Waals surface area contributed by atoms with Gasteiger partial charge >= 0.3 is 0 Å². The van der Waals surface area contributed by atoms with Crippen LogP contribution in [-0.4, -0.2) is 25.9 Å². The van der Waals surface area contributed by atoms with Gasteiger partial charge in [0, 0.05) is 19.2 Å². The predicted octanol–water partition coefficient (Wildman–Crippen LogP) is 3.77. The summed E-state index contributed by atoms with van der Waals surface area (Å²) in [4.78, 5) is 0. The molecule has 0 heterocycles. The fourth-order valence-electron chi connectivity index (χ4n) is 1.80. The summed E-state index contributed by atoms with van der Waals surface area (Å²) in [6.45, 7) is 9.53. The van der Waals surface area contributed by atoms with E-state index in [1.807, 2.05) is 12.1 Å². The van der Waals surface area contributed by atoms with E-state index < -0.39 is 0 Å². The molecule has 0 bridgehead atoms. The third kappa shape index (κ3) is 8.18. The molecule has 114 valence electrons. The van der Waals surface area contributed by atoms with Crippen LogP contribution < -0.4 is 10.1 Å². The van der Waals surface area contributed by atoms with E-state index in [0.717, 1.165) is 25.3 Å². The number of hydrogen-bond donors (Lipinski definition) is 1. The lowest BCUT2D eigenvalue weighted by Gasteiger charge is -2.10. The summed E-state index contributed by atoms with van der Waals surface area (Å²) in [5, 5.41) is 3.40. The molecule has 0 aliphatic rings. The van der Waals surface area contributed by atoms with Crippen molar-refractivity contribution in [2.45, 2.75) is 52.6 Å². The van der Waals surface area contributed by atoms with Gasteiger partial charge < -0.3 is 14.8 Å². The number of hydrogen-bond acceptors (Lipinski definition) is 3. The van der Waals surface area contributed by atoms with Crippen LogP contribution in [0.4, 0.5) is 0 Å². The molecule has 0 amide bonds. The average molecular weight is 279 g/mol. The second-order valence-electron chi connectivity index (χ2n) is 5.35. The minimum atomic E-state index is 0.510. The molecule has 0 aliphatic heterocycles. The van der Waals surface area contributed by atoms with Crippen molar-refractivity contribution in [3.63, 3.8) is 0 Å². The molecule has 1 aromatic rings. The summed E-state index contributed by atoms with van der Waals surface area (Å²) in [5.41, 5.74) is 1.28. The van der Waals surface area contributed by atoms with E-state index in [-0.39, 0.29) is 0 Å². The number of ether oxygens (including phenoxy) is 2. The average Bonchev–Trinajstić information content (AvgIpc) is 2.45. The second-order valence-corrected chi connectivity index (χ2v) is 5.35. The molecule has 20 heavy (non-hydrogen) atoms. The molecule has 0 aliphatic carbocycles. The van der Waals surface area contributed by atoms with Crippen molar-refractivity contribution in [3.8, 4) is 5.75 Å². The summed E-state index contributed by atoms with van der Waals surface area (Å²) in [6, 6.07) is 8.76. The largest absolute Gasteiger partial charge is 0.491 e. The van der Waals surface area contributed by atoms with Gasteiger partial charge in [-0.25, -0.2) is 0 Å². The third-order valence-corrected chi connectivity index (χ3v) is 3.03. The van der Waals surface area contributed by atoms with E-state index >= 15 is 0 Å². The highest BCUT2D eigenvalue weighted by atomic mass is 16.5. The lowest BCUT2D eigenvalue weighted by Crippen LogP contribution is -2.21. The Morgan fingerprint density at radius 3 is 2.40 bits per heavy atom. The Labute approximate surface area is 123 Å². The maximum atomic E-state index is 5.65. The van der Waals surface area contributed by atoms with Gasteiger partial charge in [0.05, 0.1) is 6.61 Å². The second kappa shape index (κ2) is 10.7. The predicted molar refractivity (Wildman–Crippen MR) is 84.3 cm³/mol. The van der Waals surface area contributed by atoms with Gasteiger partial charge in [-0.05, 0) is 24.1 Å². The van der Waals surface area contributed by atoms with Crippen LogP contribution in [0.2, 0.25) is 0 Å². The van der Waals surface area contributed by atoms with Gasteiger partial charge in [-0.15, -0.1) is 0 Å². The summed E-state index contributed by atoms with van der Waals surface area (Å²) in [6.07, 6.45) is 3.62. The number of nitrogens with one attached hydrogen (secondary N) is 1. The molecule has 1 N–H and O–H groups in total. The first-order chi connectivity index (χ1) is 9.72. The van der Waals surface area contributed by atoms with Crippen LogP contribution in [0.3, 0.4) is 0 Å². The molecule has 3 heteroatoms. The van der Waals surface area contributed by atoms with Crippen molar-refractivity contribution in [2.24, 2.45) is 0 Å². The van der Waals surface area contributed by atoms with Gasteiger partial charge in [0.25, 0.3) is 0 Å². The summed E-state index contributed by atoms with van der Waals surface area (Å²) >= 11 is 0. The highest BCUT2D eigenvalue weighted by Gasteiger charge is 1.97. The van der Waals surface area contributed by atoms with Crippen molar-refractivity contribution in [3.05, 3.63) is 29.8 Å². The molecular weight excluding hydrogens is 250 g/mol. The van der Waals surface area contributed by atoms with Crippen LogP contribution in [0.25, 0.3) is 0 Å². The summed E-state index contributed by atoms with van der Waals surface area (Å²) in [7, 11) is 0. The van der Waals surface area contributed by atoms with E-state index in [2.05, 4.69) is 38.2 Å². The van der Waals surface area contributed by atoms with Gasteiger partial charge in [-0.1, -0.05) is 45.7 Å². The van der Waals surface area contributed by atoms with Crippen LogP contribution in [0.5, 0.6) is 5.75 Å². The van der Waals surface area contributed by atoms with Crippen molar-refractivity contribution >= 4 is 0 Å². The van der Waals surface area contributed by atoms with Gasteiger partial charge in [0.2, 0.25) is 0 Å². The lowest BCUT2D eigenvalue weighted by molar-refractivity contribution is 0.0973. The minimum Gasteiger partial charge on any atom is -0.491 e. The fourth-order valence-corrected chi connectivity index (χ4v) is 1.80. The molecular formula is C17H29NO2. The zero-order valence-corrected chi connectivity index (χ0v) is 13.2. The molecule has 0 aromatic heterocycles. The molecule has 0 fully saturated rings. The number of rotatable bonds is 11. The topological polar surface area (TPSA) is 30.5 Å². The van der Waals surface area contributed by atoms with Crippen LogP contribution in [0, 0.1) is 0 Å². The number of unbranched alkanes of at least 4 members (excludes halogenated alkanes) is 2. The summed E-state index contributed by atoms with van der Waals surface area (Å²) in [5.74, 6) is 0.912. The molecule has 1 rings (SSSR count). The Balaban J connectivity index is 2.12. The Bertz CT molecular complexity index is 335. The summed E-state index contributed by atoms with van der Waals surface area (Å²) < 4.78 is 11.2. The van der Waals surface area contributed by atoms with Crippen molar-refractivity contribution in [2.75, 3.05) is 19.8 Å². The smallest absolute Gasteiger partial charge is 0.119 e. The maximum absolute atomic E-state index is 5.65. The molecule has 3 nitrogen and oxygen atoms in total. The van der Waals surface area contributed by atoms with Crippen LogP contribution >= 0.6 is 0 Å². The SMILES string of the molecule is CCCCCOCCOc1ccc(CNC(C)C)cc1. The van der Waals surface area contributed by atoms with Gasteiger partial charge in [0.1, 0.15) is 12.4 Å². The standard InChI is InChI=1S/C17H29NO2/c1-4-5-6-11-19-12-13-20-17-9-7-16(8-10-17)14-18-15(2)3/h7-10,15,18H,4-6,11-14H2,1-3H3. The molecule has 0 atom stereocenters. The highest BCUT2D eigenvalue weighted by Crippen LogP contribution is 2.12. The highest BCUT2D eigenvalue weighted by molar-refractivity contribution is 5.27. The zero-order valence-electron chi connectivity index (χ0n) is 13.2. The van der Waals surface area contributed by atoms with E-state index in [0.29, 0.717) is 19.3 Å². The first-order valence-electron chi connectivity index (χ1n) is 7.75. The molecule has 0 saturated heterocycles. The Morgan fingerprint density at radius 2 is 1.75 bits per heavy atom. The quantitative estimate of drug-likeness (QED) is 0.625. The van der Waals surface area contributed by atoms with E-state index in [4.69, 9.17) is 9.47 Å². The van der Waals surface area contributed by atoms with Crippen LogP contribution in [-0.2, 0) is 11.3 Å². The van der Waals surface area contributed by atoms with E-state index in [9.17, 15) is 0 Å². The lowest BCUT2D eigenvalue weighted by atomic mass is 10.2. The Morgan fingerprint density at radius 1 is 1.00 bits per heavy atom. The molecule has 0 saturated carbocycles. The van der Waals surface area contributed by atoms with Gasteiger partial charge in [0.15, 0.2) is 0 Å². The maximum Gasteiger partial charge on any atom is 0.119 e. The number of benzene rings is 1. The zero-order chi connectivity index (χ0) is 14.6. The molecule has 1 aromatic carbocycles. The Hall–Kier alpha value is -1.06. The molecule has 0 unspecified atom stereocenters. The monoisotopic (exact) mass is 279 g/mol. The van der Waals surface area contributed by atoms with Gasteiger partial charge in [-0.2, -0.15) is 0 Å². The van der Waals surface area contributed by atoms with Crippen molar-refractivity contribution in [1.29, 1.82) is 0 Å². The first kappa shape index (κ1) is 17.0. The third-order valence-electron chi connectivity index (χ3n) is 3.03. The molecule has 0 spiro atoms. The molecule has 0 radical (unpaired) electrons. The van der Waals surface area contributed by atoms with Crippen molar-refractivity contribution in [1.82, 2.24) is 5.32 Å². The normalized spacial score (nSPS) is 11.0. The van der Waals surface area contributed by atoms with Crippen LogP contribution in [0.15, 0.2) is 24.3 Å². The van der Waals surface area contributed by atoms with Gasteiger partial charge in [-0.3, -0.25) is 0 Å². The first-order valence-corrected chi connectivity index (χ1v) is 7.75. The Kier molecular flexibility index (Phi) is 9.09. The van der Waals surface area contributed by atoms with Crippen LogP contribution in [0.1, 0.15) is 45.6 Å². The van der Waals surface area contributed by atoms with E-state index in [1.165, 1.54) is 18.4 Å². The van der Waals surface area contributed by atoms with Crippen molar-refractivity contribution < 1.29 is 9.47 Å². The fraction of sp³-hybridized carbons (Fsp3) is 0.647. The van der Waals surface area contributed by atoms with E-state index in [1.54, 1.807) is 0 Å². The minimum absolute atomic E-state index is 0.510.